The molecule has 2 aromatic rings. The highest BCUT2D eigenvalue weighted by Gasteiger charge is 2.18. The monoisotopic (exact) mass is 317 g/mol. The SMILES string of the molecule is COCc1ccc(C(=O)NC(C)c2ccc3c(c2)OCCO3)o1. The van der Waals surface area contributed by atoms with E-state index in [0.29, 0.717) is 31.3 Å². The Morgan fingerprint density at radius 1 is 1.22 bits per heavy atom. The van der Waals surface area contributed by atoms with Gasteiger partial charge in [0, 0.05) is 7.11 Å². The number of amides is 1. The molecule has 1 atom stereocenters. The molecule has 23 heavy (non-hydrogen) atoms. The summed E-state index contributed by atoms with van der Waals surface area (Å²) in [6.45, 7) is 3.33. The van der Waals surface area contributed by atoms with Gasteiger partial charge in [-0.2, -0.15) is 0 Å². The van der Waals surface area contributed by atoms with Gasteiger partial charge in [-0.3, -0.25) is 4.79 Å². The third kappa shape index (κ3) is 3.48. The Bertz CT molecular complexity index is 694. The van der Waals surface area contributed by atoms with Gasteiger partial charge in [-0.25, -0.2) is 0 Å². The fraction of sp³-hybridized carbons (Fsp3) is 0.353. The zero-order valence-electron chi connectivity index (χ0n) is 13.1. The molecule has 3 rings (SSSR count). The molecule has 1 aromatic heterocycles. The van der Waals surface area contributed by atoms with Gasteiger partial charge < -0.3 is 23.9 Å². The summed E-state index contributed by atoms with van der Waals surface area (Å²) in [4.78, 5) is 12.2. The number of fused-ring (bicyclic) bond motifs is 1. The van der Waals surface area contributed by atoms with Crippen molar-refractivity contribution in [1.82, 2.24) is 5.32 Å². The van der Waals surface area contributed by atoms with Crippen molar-refractivity contribution in [3.63, 3.8) is 0 Å². The maximum absolute atomic E-state index is 12.2. The second-order valence-corrected chi connectivity index (χ2v) is 5.30. The Hall–Kier alpha value is -2.47. The highest BCUT2D eigenvalue weighted by atomic mass is 16.6. The van der Waals surface area contributed by atoms with Gasteiger partial charge in [0.1, 0.15) is 25.6 Å². The van der Waals surface area contributed by atoms with E-state index in [1.54, 1.807) is 19.2 Å². The molecule has 1 N–H and O–H groups in total. The number of furan rings is 1. The Labute approximate surface area is 134 Å². The van der Waals surface area contributed by atoms with Crippen LogP contribution in [0.2, 0.25) is 0 Å². The summed E-state index contributed by atoms with van der Waals surface area (Å²) < 4.78 is 21.5. The second kappa shape index (κ2) is 6.75. The van der Waals surface area contributed by atoms with Gasteiger partial charge >= 0.3 is 0 Å². The first-order chi connectivity index (χ1) is 11.2. The molecule has 0 aliphatic carbocycles. The maximum Gasteiger partial charge on any atom is 0.287 e. The summed E-state index contributed by atoms with van der Waals surface area (Å²) >= 11 is 0. The van der Waals surface area contributed by atoms with Crippen LogP contribution in [0.4, 0.5) is 0 Å². The molecule has 0 spiro atoms. The molecule has 2 heterocycles. The Morgan fingerprint density at radius 3 is 2.78 bits per heavy atom. The lowest BCUT2D eigenvalue weighted by molar-refractivity contribution is 0.0903. The summed E-state index contributed by atoms with van der Waals surface area (Å²) in [6.07, 6.45) is 0. The molecule has 6 nitrogen and oxygen atoms in total. The third-order valence-corrected chi connectivity index (χ3v) is 3.59. The molecule has 1 aliphatic heterocycles. The average Bonchev–Trinajstić information content (AvgIpc) is 3.03. The lowest BCUT2D eigenvalue weighted by atomic mass is 10.1. The van der Waals surface area contributed by atoms with Crippen LogP contribution in [-0.4, -0.2) is 26.2 Å². The summed E-state index contributed by atoms with van der Waals surface area (Å²) in [5.74, 6) is 2.05. The van der Waals surface area contributed by atoms with Crippen molar-refractivity contribution in [2.75, 3.05) is 20.3 Å². The summed E-state index contributed by atoms with van der Waals surface area (Å²) in [7, 11) is 1.58. The molecule has 0 bridgehead atoms. The second-order valence-electron chi connectivity index (χ2n) is 5.30. The van der Waals surface area contributed by atoms with Gasteiger partial charge in [0.05, 0.1) is 6.04 Å². The number of benzene rings is 1. The van der Waals surface area contributed by atoms with Crippen molar-refractivity contribution in [2.45, 2.75) is 19.6 Å². The van der Waals surface area contributed by atoms with E-state index >= 15 is 0 Å². The summed E-state index contributed by atoms with van der Waals surface area (Å²) in [5.41, 5.74) is 0.936. The van der Waals surface area contributed by atoms with Crippen molar-refractivity contribution in [3.05, 3.63) is 47.4 Å². The largest absolute Gasteiger partial charge is 0.486 e. The van der Waals surface area contributed by atoms with Crippen LogP contribution in [0.25, 0.3) is 0 Å². The van der Waals surface area contributed by atoms with Gasteiger partial charge in [0.2, 0.25) is 0 Å². The summed E-state index contributed by atoms with van der Waals surface area (Å²) in [6, 6.07) is 8.84. The molecular weight excluding hydrogens is 298 g/mol. The minimum atomic E-state index is -0.269. The van der Waals surface area contributed by atoms with E-state index in [1.165, 1.54) is 0 Å². The first-order valence-corrected chi connectivity index (χ1v) is 7.45. The molecule has 6 heteroatoms. The topological polar surface area (TPSA) is 69.9 Å². The number of nitrogens with one attached hydrogen (secondary N) is 1. The van der Waals surface area contributed by atoms with Gasteiger partial charge in [0.25, 0.3) is 5.91 Å². The van der Waals surface area contributed by atoms with Crippen LogP contribution in [-0.2, 0) is 11.3 Å². The first kappa shape index (κ1) is 15.4. The van der Waals surface area contributed by atoms with Crippen LogP contribution in [0, 0.1) is 0 Å². The van der Waals surface area contributed by atoms with E-state index in [0.717, 1.165) is 11.3 Å². The Kier molecular flexibility index (Phi) is 4.52. The van der Waals surface area contributed by atoms with Gasteiger partial charge in [-0.1, -0.05) is 6.07 Å². The molecule has 0 saturated carbocycles. The van der Waals surface area contributed by atoms with Crippen molar-refractivity contribution in [1.29, 1.82) is 0 Å². The fourth-order valence-electron chi connectivity index (χ4n) is 2.40. The minimum Gasteiger partial charge on any atom is -0.486 e. The normalized spacial score (nSPS) is 14.3. The van der Waals surface area contributed by atoms with Gasteiger partial charge in [-0.15, -0.1) is 0 Å². The van der Waals surface area contributed by atoms with E-state index in [-0.39, 0.29) is 17.7 Å². The van der Waals surface area contributed by atoms with Crippen molar-refractivity contribution < 1.29 is 23.4 Å². The van der Waals surface area contributed by atoms with Gasteiger partial charge in [0.15, 0.2) is 17.3 Å². The predicted octanol–water partition coefficient (Wildman–Crippen LogP) is 2.69. The van der Waals surface area contributed by atoms with Crippen molar-refractivity contribution in [3.8, 4) is 11.5 Å². The molecule has 0 fully saturated rings. The maximum atomic E-state index is 12.2. The summed E-state index contributed by atoms with van der Waals surface area (Å²) in [5, 5.41) is 2.90. The molecule has 0 saturated heterocycles. The zero-order valence-corrected chi connectivity index (χ0v) is 13.1. The third-order valence-electron chi connectivity index (χ3n) is 3.59. The van der Waals surface area contributed by atoms with E-state index in [4.69, 9.17) is 18.6 Å². The number of carbonyl (C=O) groups is 1. The fourth-order valence-corrected chi connectivity index (χ4v) is 2.40. The lowest BCUT2D eigenvalue weighted by Crippen LogP contribution is -2.26. The highest BCUT2D eigenvalue weighted by molar-refractivity contribution is 5.91. The standard InChI is InChI=1S/C17H19NO5/c1-11(12-3-5-14-16(9-12)22-8-7-21-14)18-17(19)15-6-4-13(23-15)10-20-2/h3-6,9,11H,7-8,10H2,1-2H3,(H,18,19). The number of hydrogen-bond donors (Lipinski definition) is 1. The van der Waals surface area contributed by atoms with Crippen LogP contribution in [0.15, 0.2) is 34.7 Å². The number of carbonyl (C=O) groups excluding carboxylic acids is 1. The molecule has 1 unspecified atom stereocenters. The van der Waals surface area contributed by atoms with Crippen LogP contribution >= 0.6 is 0 Å². The molecule has 1 amide bonds. The Morgan fingerprint density at radius 2 is 2.00 bits per heavy atom. The minimum absolute atomic E-state index is 0.186. The highest BCUT2D eigenvalue weighted by Crippen LogP contribution is 2.32. The van der Waals surface area contributed by atoms with E-state index in [2.05, 4.69) is 5.32 Å². The van der Waals surface area contributed by atoms with Crippen molar-refractivity contribution in [2.24, 2.45) is 0 Å². The first-order valence-electron chi connectivity index (χ1n) is 7.45. The lowest BCUT2D eigenvalue weighted by Gasteiger charge is -2.21. The van der Waals surface area contributed by atoms with Crippen LogP contribution in [0.3, 0.4) is 0 Å². The quantitative estimate of drug-likeness (QED) is 0.918. The predicted molar refractivity (Wildman–Crippen MR) is 82.7 cm³/mol. The van der Waals surface area contributed by atoms with Gasteiger partial charge in [-0.05, 0) is 36.8 Å². The van der Waals surface area contributed by atoms with Crippen LogP contribution in [0.5, 0.6) is 11.5 Å². The van der Waals surface area contributed by atoms with E-state index in [1.807, 2.05) is 25.1 Å². The number of ether oxygens (including phenoxy) is 3. The number of rotatable bonds is 5. The van der Waals surface area contributed by atoms with E-state index < -0.39 is 0 Å². The van der Waals surface area contributed by atoms with Crippen LogP contribution in [0.1, 0.15) is 34.8 Å². The van der Waals surface area contributed by atoms with E-state index in [9.17, 15) is 4.79 Å². The smallest absolute Gasteiger partial charge is 0.287 e. The molecule has 1 aromatic carbocycles. The van der Waals surface area contributed by atoms with Crippen LogP contribution < -0.4 is 14.8 Å². The molecular formula is C17H19NO5. The van der Waals surface area contributed by atoms with Crippen molar-refractivity contribution >= 4 is 5.91 Å². The molecule has 0 radical (unpaired) electrons. The average molecular weight is 317 g/mol. The zero-order chi connectivity index (χ0) is 16.2. The Balaban J connectivity index is 1.68. The number of methoxy groups -OCH3 is 1. The molecule has 1 aliphatic rings. The number of hydrogen-bond acceptors (Lipinski definition) is 5. The molecule has 122 valence electrons.